The zero-order chi connectivity index (χ0) is 7.86. The molecule has 0 atom stereocenters. The average Bonchev–Trinajstić information content (AvgIpc) is 1.68. The summed E-state index contributed by atoms with van der Waals surface area (Å²) in [5, 5.41) is 5.04. The van der Waals surface area contributed by atoms with Gasteiger partial charge in [-0.15, -0.1) is 0 Å². The van der Waals surface area contributed by atoms with Gasteiger partial charge in [-0.1, -0.05) is 0 Å². The summed E-state index contributed by atoms with van der Waals surface area (Å²) >= 11 is 8.98. The molecule has 0 aliphatic rings. The molecule has 0 saturated heterocycles. The van der Waals surface area contributed by atoms with E-state index in [-0.39, 0.29) is 0 Å². The van der Waals surface area contributed by atoms with Crippen molar-refractivity contribution >= 4 is 33.7 Å². The summed E-state index contributed by atoms with van der Waals surface area (Å²) in [6, 6.07) is 1.75. The Hall–Kier alpha value is -0.590. The molecule has 0 N–H and O–H groups in total. The molecule has 0 aliphatic carbocycles. The Balaban J connectivity index is 0. The summed E-state index contributed by atoms with van der Waals surface area (Å²) in [6.45, 7) is 1.43. The van der Waals surface area contributed by atoms with Crippen molar-refractivity contribution in [3.8, 4) is 6.07 Å². The van der Waals surface area contributed by atoms with Gasteiger partial charge in [-0.3, -0.25) is 9.59 Å². The molecule has 0 unspecified atom stereocenters. The number of nitrogens with zero attached hydrogens (tertiary/aromatic N) is 1. The van der Waals surface area contributed by atoms with Gasteiger partial charge in [0.05, 0.1) is 6.07 Å². The van der Waals surface area contributed by atoms with Gasteiger partial charge in [-0.2, -0.15) is 5.26 Å². The van der Waals surface area contributed by atoms with E-state index in [1.165, 1.54) is 6.92 Å². The minimum Gasteiger partial charge on any atom is -0.271 e. The van der Waals surface area contributed by atoms with Crippen molar-refractivity contribution < 1.29 is 9.59 Å². The SMILES string of the molecule is CC#N.O=C(Cl)C(=O)Cl. The van der Waals surface area contributed by atoms with Gasteiger partial charge in [-0.25, -0.2) is 0 Å². The van der Waals surface area contributed by atoms with Crippen LogP contribution in [0.4, 0.5) is 0 Å². The zero-order valence-electron chi connectivity index (χ0n) is 4.52. The maximum Gasteiger partial charge on any atom is 0.304 e. The van der Waals surface area contributed by atoms with Crippen molar-refractivity contribution in [3.63, 3.8) is 0 Å². The highest BCUT2D eigenvalue weighted by Crippen LogP contribution is 1.84. The Labute approximate surface area is 62.2 Å². The minimum atomic E-state index is -1.14. The van der Waals surface area contributed by atoms with Crippen LogP contribution in [0.1, 0.15) is 6.92 Å². The maximum atomic E-state index is 9.43. The van der Waals surface area contributed by atoms with Crippen molar-refractivity contribution in [1.29, 1.82) is 5.26 Å². The molecule has 0 rings (SSSR count). The van der Waals surface area contributed by atoms with Crippen LogP contribution in [0.5, 0.6) is 0 Å². The minimum absolute atomic E-state index is 1.14. The van der Waals surface area contributed by atoms with Gasteiger partial charge in [0.2, 0.25) is 0 Å². The third-order valence-electron chi connectivity index (χ3n) is 0.155. The first-order valence-corrected chi connectivity index (χ1v) is 2.52. The highest BCUT2D eigenvalue weighted by Gasteiger charge is 2.01. The molecule has 0 aromatic rings. The molecule has 50 valence electrons. The van der Waals surface area contributed by atoms with E-state index in [0.717, 1.165) is 0 Å². The topological polar surface area (TPSA) is 57.9 Å². The molecule has 0 aromatic heterocycles. The Morgan fingerprint density at radius 2 is 1.44 bits per heavy atom. The number of nitriles is 1. The fourth-order valence-corrected chi connectivity index (χ4v) is 0. The first-order valence-electron chi connectivity index (χ1n) is 1.76. The van der Waals surface area contributed by atoms with Crippen LogP contribution in [0.25, 0.3) is 0 Å². The predicted molar refractivity (Wildman–Crippen MR) is 33.0 cm³/mol. The molecule has 0 fully saturated rings. The highest BCUT2D eigenvalue weighted by molar-refractivity contribution is 6.97. The van der Waals surface area contributed by atoms with Gasteiger partial charge in [-0.05, 0) is 23.2 Å². The molecule has 3 nitrogen and oxygen atoms in total. The van der Waals surface area contributed by atoms with Crippen molar-refractivity contribution in [2.75, 3.05) is 0 Å². The first kappa shape index (κ1) is 11.2. The Kier molecular flexibility index (Phi) is 9.25. The molecule has 0 radical (unpaired) electrons. The quantitative estimate of drug-likeness (QED) is 0.434. The van der Waals surface area contributed by atoms with E-state index in [1.54, 1.807) is 6.07 Å². The number of halogens is 2. The number of carbonyl (C=O) groups excluding carboxylic acids is 2. The largest absolute Gasteiger partial charge is 0.304 e. The summed E-state index contributed by atoms with van der Waals surface area (Å²) in [7, 11) is 0. The van der Waals surface area contributed by atoms with E-state index >= 15 is 0 Å². The summed E-state index contributed by atoms with van der Waals surface area (Å²) in [5.74, 6) is 0. The summed E-state index contributed by atoms with van der Waals surface area (Å²) in [4.78, 5) is 18.9. The Bertz CT molecular complexity index is 137. The number of hydrogen-bond acceptors (Lipinski definition) is 3. The fraction of sp³-hybridized carbons (Fsp3) is 0.250. The van der Waals surface area contributed by atoms with Gasteiger partial charge < -0.3 is 0 Å². The molecule has 0 bridgehead atoms. The molecular weight excluding hydrogens is 165 g/mol. The smallest absolute Gasteiger partial charge is 0.271 e. The van der Waals surface area contributed by atoms with Crippen molar-refractivity contribution in [2.45, 2.75) is 6.92 Å². The molecule has 0 spiro atoms. The predicted octanol–water partition coefficient (Wildman–Crippen LogP) is 1.05. The molecule has 9 heavy (non-hydrogen) atoms. The van der Waals surface area contributed by atoms with Crippen LogP contribution in [-0.4, -0.2) is 10.5 Å². The van der Waals surface area contributed by atoms with Crippen LogP contribution in [0.15, 0.2) is 0 Å². The van der Waals surface area contributed by atoms with Crippen molar-refractivity contribution in [1.82, 2.24) is 0 Å². The summed E-state index contributed by atoms with van der Waals surface area (Å²) in [6.07, 6.45) is 0. The lowest BCUT2D eigenvalue weighted by Crippen LogP contribution is -1.94. The fourth-order valence-electron chi connectivity index (χ4n) is 0. The normalized spacial score (nSPS) is 6.00. The van der Waals surface area contributed by atoms with Gasteiger partial charge in [0.15, 0.2) is 0 Å². The average molecular weight is 168 g/mol. The molecule has 0 amide bonds. The van der Waals surface area contributed by atoms with Crippen molar-refractivity contribution in [3.05, 3.63) is 0 Å². The van der Waals surface area contributed by atoms with Crippen molar-refractivity contribution in [2.24, 2.45) is 0 Å². The second-order valence-corrected chi connectivity index (χ2v) is 1.46. The van der Waals surface area contributed by atoms with E-state index < -0.39 is 10.5 Å². The number of rotatable bonds is 1. The van der Waals surface area contributed by atoms with E-state index in [2.05, 4.69) is 23.2 Å². The molecule has 5 heteroatoms. The standard InChI is InChI=1S/C2Cl2O2.C2H3N/c3-1(5)2(4)6;1-2-3/h;1H3. The van der Waals surface area contributed by atoms with Gasteiger partial charge >= 0.3 is 10.5 Å². The third-order valence-corrected chi connectivity index (χ3v) is 0.595. The lowest BCUT2D eigenvalue weighted by Gasteiger charge is -1.67. The van der Waals surface area contributed by atoms with E-state index in [9.17, 15) is 9.59 Å². The third kappa shape index (κ3) is 18.7. The summed E-state index contributed by atoms with van der Waals surface area (Å²) < 4.78 is 0. The van der Waals surface area contributed by atoms with Gasteiger partial charge in [0.25, 0.3) is 0 Å². The van der Waals surface area contributed by atoms with Gasteiger partial charge in [0, 0.05) is 6.92 Å². The summed E-state index contributed by atoms with van der Waals surface area (Å²) in [5.41, 5.74) is 0. The van der Waals surface area contributed by atoms with Crippen LogP contribution in [0.2, 0.25) is 0 Å². The van der Waals surface area contributed by atoms with Gasteiger partial charge in [0.1, 0.15) is 0 Å². The molecular formula is C4H3Cl2NO2. The first-order chi connectivity index (χ1) is 4.06. The number of carbonyl (C=O) groups is 2. The Morgan fingerprint density at radius 3 is 1.44 bits per heavy atom. The van der Waals surface area contributed by atoms with Crippen LogP contribution in [0.3, 0.4) is 0 Å². The maximum absolute atomic E-state index is 9.43. The lowest BCUT2D eigenvalue weighted by atomic mass is 10.9. The number of hydrogen-bond donors (Lipinski definition) is 0. The lowest BCUT2D eigenvalue weighted by molar-refractivity contribution is -0.127. The van der Waals surface area contributed by atoms with E-state index in [1.807, 2.05) is 0 Å². The zero-order valence-corrected chi connectivity index (χ0v) is 6.03. The highest BCUT2D eigenvalue weighted by atomic mass is 35.5. The van der Waals surface area contributed by atoms with E-state index in [4.69, 9.17) is 5.26 Å². The molecule has 0 heterocycles. The second kappa shape index (κ2) is 7.41. The van der Waals surface area contributed by atoms with Crippen LogP contribution in [0, 0.1) is 11.3 Å². The van der Waals surface area contributed by atoms with Crippen LogP contribution < -0.4 is 0 Å². The van der Waals surface area contributed by atoms with Crippen LogP contribution >= 0.6 is 23.2 Å². The second-order valence-electron chi connectivity index (χ2n) is 0.771. The Morgan fingerprint density at radius 1 is 1.33 bits per heavy atom. The monoisotopic (exact) mass is 167 g/mol. The molecule has 0 aliphatic heterocycles. The molecule has 0 saturated carbocycles. The van der Waals surface area contributed by atoms with Crippen LogP contribution in [-0.2, 0) is 9.59 Å². The van der Waals surface area contributed by atoms with E-state index in [0.29, 0.717) is 0 Å². The molecule has 0 aromatic carbocycles.